The van der Waals surface area contributed by atoms with Gasteiger partial charge in [0.25, 0.3) is 0 Å². The van der Waals surface area contributed by atoms with E-state index in [1.165, 1.54) is 61.0 Å². The Bertz CT molecular complexity index is 1670. The van der Waals surface area contributed by atoms with Crippen LogP contribution < -0.4 is 0 Å². The molecule has 0 amide bonds. The molecule has 0 aliphatic heterocycles. The van der Waals surface area contributed by atoms with Gasteiger partial charge in [0.1, 0.15) is 0 Å². The molecule has 0 atom stereocenters. The summed E-state index contributed by atoms with van der Waals surface area (Å²) in [6, 6.07) is 18.4. The molecule has 0 N–H and O–H groups in total. The average molecular weight is 539 g/mol. The average Bonchev–Trinajstić information content (AvgIpc) is 3.20. The molecule has 1 aliphatic rings. The van der Waals surface area contributed by atoms with Gasteiger partial charge in [-0.2, -0.15) is 0 Å². The number of pyridine rings is 1. The van der Waals surface area contributed by atoms with Crippen LogP contribution in [0.3, 0.4) is 0 Å². The molecule has 5 aromatic rings. The number of aromatic nitrogens is 1. The number of rotatable bonds is 1. The summed E-state index contributed by atoms with van der Waals surface area (Å²) in [5.41, 5.74) is 8.99. The zero-order chi connectivity index (χ0) is 25.6. The molecule has 6 rings (SSSR count). The predicted molar refractivity (Wildman–Crippen MR) is 158 cm³/mol. The number of benzene rings is 3. The van der Waals surface area contributed by atoms with Crippen LogP contribution in [0.2, 0.25) is 0 Å². The fourth-order valence-corrected chi connectivity index (χ4v) is 9.82. The normalized spacial score (nSPS) is 17.1. The van der Waals surface area contributed by atoms with E-state index in [1.54, 1.807) is 15.4 Å². The first kappa shape index (κ1) is 24.0. The summed E-state index contributed by atoms with van der Waals surface area (Å²) < 4.78 is 3.09. The molecule has 1 aliphatic carbocycles. The van der Waals surface area contributed by atoms with Crippen LogP contribution >= 0.6 is 0 Å². The molecule has 0 unspecified atom stereocenters. The molecule has 0 saturated heterocycles. The number of hydrogen-bond acceptors (Lipinski definition) is 1. The van der Waals surface area contributed by atoms with Crippen molar-refractivity contribution in [2.24, 2.45) is 0 Å². The summed E-state index contributed by atoms with van der Waals surface area (Å²) in [6.45, 7) is 19.1. The van der Waals surface area contributed by atoms with Crippen molar-refractivity contribution in [3.63, 3.8) is 0 Å². The maximum atomic E-state index is 5.06. The summed E-state index contributed by atoms with van der Waals surface area (Å²) in [6.07, 6.45) is 4.55. The zero-order valence-electron chi connectivity index (χ0n) is 23.0. The molecule has 2 aromatic heterocycles. The van der Waals surface area contributed by atoms with E-state index in [0.717, 1.165) is 0 Å². The molecule has 0 bridgehead atoms. The molecular formula is C34H37NSe. The van der Waals surface area contributed by atoms with Crippen LogP contribution in [0.25, 0.3) is 41.3 Å². The van der Waals surface area contributed by atoms with Gasteiger partial charge in [0, 0.05) is 0 Å². The van der Waals surface area contributed by atoms with Crippen LogP contribution in [-0.4, -0.2) is 19.5 Å². The van der Waals surface area contributed by atoms with Crippen LogP contribution in [0.5, 0.6) is 0 Å². The predicted octanol–water partition coefficient (Wildman–Crippen LogP) is 9.22. The van der Waals surface area contributed by atoms with Gasteiger partial charge in [-0.3, -0.25) is 0 Å². The first-order valence-corrected chi connectivity index (χ1v) is 15.0. The van der Waals surface area contributed by atoms with Gasteiger partial charge in [0.05, 0.1) is 0 Å². The van der Waals surface area contributed by atoms with Gasteiger partial charge in [-0.1, -0.05) is 0 Å². The Morgan fingerprint density at radius 3 is 2.31 bits per heavy atom. The second-order valence-corrected chi connectivity index (χ2v) is 15.4. The first-order chi connectivity index (χ1) is 16.9. The van der Waals surface area contributed by atoms with Gasteiger partial charge in [-0.05, 0) is 0 Å². The van der Waals surface area contributed by atoms with Gasteiger partial charge in [0.15, 0.2) is 0 Å². The molecule has 0 fully saturated rings. The standard InChI is InChI=1S/C34H37NSe/c1-20-17-26-28(34(7,8)15-14-33(26,5)6)31-27(20)24-13-16-35-29(30(24)36-31)22-18-21-11-9-10-12-23(21)25(19-22)32(2,3)4/h9-13,16-19H,14-15H2,1-8H3. The zero-order valence-corrected chi connectivity index (χ0v) is 24.7. The molecule has 0 radical (unpaired) electrons. The molecular weight excluding hydrogens is 501 g/mol. The Morgan fingerprint density at radius 2 is 1.56 bits per heavy atom. The van der Waals surface area contributed by atoms with Crippen LogP contribution in [0.1, 0.15) is 83.6 Å². The van der Waals surface area contributed by atoms with E-state index >= 15 is 0 Å². The molecule has 0 saturated carbocycles. The van der Waals surface area contributed by atoms with E-state index in [9.17, 15) is 0 Å². The Hall–Kier alpha value is -2.41. The Balaban J connectivity index is 1.71. The van der Waals surface area contributed by atoms with Gasteiger partial charge < -0.3 is 0 Å². The van der Waals surface area contributed by atoms with E-state index in [-0.39, 0.29) is 30.7 Å². The minimum atomic E-state index is 0.0624. The van der Waals surface area contributed by atoms with E-state index in [1.807, 2.05) is 6.20 Å². The third-order valence-corrected chi connectivity index (χ3v) is 11.2. The number of fused-ring (bicyclic) bond motifs is 6. The van der Waals surface area contributed by atoms with Crippen molar-refractivity contribution in [3.05, 3.63) is 77.0 Å². The van der Waals surface area contributed by atoms with Gasteiger partial charge in [0.2, 0.25) is 0 Å². The van der Waals surface area contributed by atoms with Crippen molar-refractivity contribution in [3.8, 4) is 11.3 Å². The number of nitrogens with zero attached hydrogens (tertiary/aromatic N) is 1. The van der Waals surface area contributed by atoms with Crippen molar-refractivity contribution in [2.45, 2.75) is 84.5 Å². The summed E-state index contributed by atoms with van der Waals surface area (Å²) in [7, 11) is 0. The van der Waals surface area contributed by atoms with Crippen LogP contribution in [0.15, 0.2) is 54.7 Å². The quantitative estimate of drug-likeness (QED) is 0.194. The van der Waals surface area contributed by atoms with Crippen LogP contribution in [-0.2, 0) is 16.2 Å². The molecule has 1 nitrogen and oxygen atoms in total. The fourth-order valence-electron chi connectivity index (χ4n) is 6.44. The van der Waals surface area contributed by atoms with E-state index in [4.69, 9.17) is 4.98 Å². The molecule has 36 heavy (non-hydrogen) atoms. The first-order valence-electron chi connectivity index (χ1n) is 13.3. The number of hydrogen-bond donors (Lipinski definition) is 0. The summed E-state index contributed by atoms with van der Waals surface area (Å²) >= 11 is 0.239. The Labute approximate surface area is 221 Å². The van der Waals surface area contributed by atoms with Crippen molar-refractivity contribution in [2.75, 3.05) is 0 Å². The van der Waals surface area contributed by atoms with Crippen molar-refractivity contribution in [1.29, 1.82) is 0 Å². The van der Waals surface area contributed by atoms with E-state index in [0.29, 0.717) is 0 Å². The molecule has 3 aromatic carbocycles. The summed E-state index contributed by atoms with van der Waals surface area (Å²) in [5.74, 6) is 0. The number of aryl methyl sites for hydroxylation is 1. The van der Waals surface area contributed by atoms with Gasteiger partial charge in [-0.15, -0.1) is 0 Å². The van der Waals surface area contributed by atoms with Gasteiger partial charge in [-0.25, -0.2) is 0 Å². The molecule has 2 heteroatoms. The van der Waals surface area contributed by atoms with E-state index in [2.05, 4.69) is 104 Å². The Kier molecular flexibility index (Phi) is 5.19. The van der Waals surface area contributed by atoms with Gasteiger partial charge >= 0.3 is 222 Å². The third kappa shape index (κ3) is 3.52. The maximum absolute atomic E-state index is 5.06. The van der Waals surface area contributed by atoms with Crippen molar-refractivity contribution < 1.29 is 0 Å². The third-order valence-electron chi connectivity index (χ3n) is 8.58. The molecule has 184 valence electrons. The topological polar surface area (TPSA) is 12.9 Å². The summed E-state index contributed by atoms with van der Waals surface area (Å²) in [4.78, 5) is 5.06. The molecule has 2 heterocycles. The SMILES string of the molecule is Cc1cc2c(c3[se]c4c(-c5cc(C(C)(C)C)c6ccccc6c5)nccc4c13)C(C)(C)CCC2(C)C. The second-order valence-electron chi connectivity index (χ2n) is 13.2. The van der Waals surface area contributed by atoms with E-state index < -0.39 is 0 Å². The second kappa shape index (κ2) is 7.80. The fraction of sp³-hybridized carbons (Fsp3) is 0.382. The minimum absolute atomic E-state index is 0.0624. The summed E-state index contributed by atoms with van der Waals surface area (Å²) in [5, 5.41) is 5.57. The monoisotopic (exact) mass is 539 g/mol. The van der Waals surface area contributed by atoms with Crippen molar-refractivity contribution >= 4 is 44.6 Å². The van der Waals surface area contributed by atoms with Crippen LogP contribution in [0.4, 0.5) is 0 Å². The molecule has 0 spiro atoms. The Morgan fingerprint density at radius 1 is 0.833 bits per heavy atom. The van der Waals surface area contributed by atoms with Crippen LogP contribution in [0, 0.1) is 6.92 Å². The van der Waals surface area contributed by atoms with Crippen molar-refractivity contribution in [1.82, 2.24) is 4.98 Å².